The van der Waals surface area contributed by atoms with E-state index >= 15 is 0 Å². The molecule has 28 heavy (non-hydrogen) atoms. The monoisotopic (exact) mass is 380 g/mol. The van der Waals surface area contributed by atoms with Crippen LogP contribution < -0.4 is 5.32 Å². The van der Waals surface area contributed by atoms with Gasteiger partial charge in [0.15, 0.2) is 6.61 Å². The summed E-state index contributed by atoms with van der Waals surface area (Å²) in [7, 11) is 0. The summed E-state index contributed by atoms with van der Waals surface area (Å²) in [5.74, 6) is -1.34. The molecule has 0 atom stereocenters. The molecule has 5 nitrogen and oxygen atoms in total. The first-order chi connectivity index (χ1) is 13.5. The van der Waals surface area contributed by atoms with E-state index in [1.165, 1.54) is 12.1 Å². The van der Waals surface area contributed by atoms with Crippen molar-refractivity contribution in [3.8, 4) is 6.07 Å². The van der Waals surface area contributed by atoms with Gasteiger partial charge in [0.1, 0.15) is 5.82 Å². The van der Waals surface area contributed by atoms with Crippen molar-refractivity contribution in [3.05, 3.63) is 65.5 Å². The van der Waals surface area contributed by atoms with Crippen LogP contribution in [0.5, 0.6) is 0 Å². The number of amides is 1. The summed E-state index contributed by atoms with van der Waals surface area (Å²) in [6.45, 7) is -0.407. The maximum atomic E-state index is 13.7. The van der Waals surface area contributed by atoms with Crippen LogP contribution >= 0.6 is 0 Å². The van der Waals surface area contributed by atoms with Gasteiger partial charge in [-0.15, -0.1) is 0 Å². The second-order valence-electron chi connectivity index (χ2n) is 6.96. The van der Waals surface area contributed by atoms with Crippen molar-refractivity contribution in [2.45, 2.75) is 37.5 Å². The van der Waals surface area contributed by atoms with Crippen LogP contribution in [0.2, 0.25) is 0 Å². The summed E-state index contributed by atoms with van der Waals surface area (Å²) in [4.78, 5) is 24.9. The van der Waals surface area contributed by atoms with Crippen LogP contribution in [-0.2, 0) is 26.2 Å². The molecule has 0 saturated heterocycles. The van der Waals surface area contributed by atoms with E-state index in [1.54, 1.807) is 36.4 Å². The van der Waals surface area contributed by atoms with Gasteiger partial charge in [0, 0.05) is 5.69 Å². The van der Waals surface area contributed by atoms with Gasteiger partial charge in [-0.05, 0) is 48.2 Å². The second-order valence-corrected chi connectivity index (χ2v) is 6.96. The van der Waals surface area contributed by atoms with Crippen molar-refractivity contribution < 1.29 is 18.7 Å². The Hall–Kier alpha value is -3.20. The van der Waals surface area contributed by atoms with Crippen molar-refractivity contribution in [1.82, 2.24) is 0 Å². The summed E-state index contributed by atoms with van der Waals surface area (Å²) in [6, 6.07) is 15.0. The van der Waals surface area contributed by atoms with Crippen LogP contribution in [0.4, 0.5) is 10.1 Å². The van der Waals surface area contributed by atoms with E-state index in [2.05, 4.69) is 11.4 Å². The second kappa shape index (κ2) is 8.66. The molecular weight excluding hydrogens is 359 g/mol. The van der Waals surface area contributed by atoms with Crippen LogP contribution in [0.25, 0.3) is 0 Å². The molecule has 1 aliphatic carbocycles. The molecule has 0 aromatic heterocycles. The number of carbonyl (C=O) groups excluding carboxylic acids is 2. The SMILES string of the molecule is N#CCc1ccc(NC(=O)COC(=O)C2(c3cccc(F)c3)CCCC2)cc1. The smallest absolute Gasteiger partial charge is 0.317 e. The third-order valence-corrected chi connectivity index (χ3v) is 5.08. The Balaban J connectivity index is 1.61. The molecule has 144 valence electrons. The molecule has 1 fully saturated rings. The number of nitrogens with one attached hydrogen (secondary N) is 1. The minimum atomic E-state index is -0.888. The standard InChI is InChI=1S/C22H21FN2O3/c23-18-5-3-4-17(14-18)22(11-1-2-12-22)21(27)28-15-20(26)25-19-8-6-16(7-9-19)10-13-24/h3-9,14H,1-2,10-12,15H2,(H,25,26). The highest BCUT2D eigenvalue weighted by Gasteiger charge is 2.44. The number of esters is 1. The summed E-state index contributed by atoms with van der Waals surface area (Å²) in [5.41, 5.74) is 1.12. The maximum absolute atomic E-state index is 13.7. The number of hydrogen-bond acceptors (Lipinski definition) is 4. The number of ether oxygens (including phenoxy) is 1. The number of carbonyl (C=O) groups is 2. The Labute approximate surface area is 163 Å². The predicted molar refractivity (Wildman–Crippen MR) is 102 cm³/mol. The van der Waals surface area contributed by atoms with E-state index in [4.69, 9.17) is 10.00 Å². The summed E-state index contributed by atoms with van der Waals surface area (Å²) >= 11 is 0. The molecule has 1 amide bonds. The third-order valence-electron chi connectivity index (χ3n) is 5.08. The summed E-state index contributed by atoms with van der Waals surface area (Å²) in [5, 5.41) is 11.3. The molecule has 1 saturated carbocycles. The molecule has 0 heterocycles. The van der Waals surface area contributed by atoms with Gasteiger partial charge in [-0.2, -0.15) is 5.26 Å². The zero-order chi connectivity index (χ0) is 20.0. The van der Waals surface area contributed by atoms with Gasteiger partial charge in [0.2, 0.25) is 0 Å². The Morgan fingerprint density at radius 1 is 1.14 bits per heavy atom. The topological polar surface area (TPSA) is 79.2 Å². The number of nitriles is 1. The van der Waals surface area contributed by atoms with Crippen LogP contribution in [-0.4, -0.2) is 18.5 Å². The lowest BCUT2D eigenvalue weighted by atomic mass is 9.79. The third kappa shape index (κ3) is 4.37. The number of anilines is 1. The van der Waals surface area contributed by atoms with Crippen LogP contribution in [0, 0.1) is 17.1 Å². The minimum absolute atomic E-state index is 0.300. The fourth-order valence-corrected chi connectivity index (χ4v) is 3.64. The molecule has 0 radical (unpaired) electrons. The molecule has 6 heteroatoms. The quantitative estimate of drug-likeness (QED) is 0.771. The molecule has 0 spiro atoms. The van der Waals surface area contributed by atoms with Crippen molar-refractivity contribution in [3.63, 3.8) is 0 Å². The average Bonchev–Trinajstić information content (AvgIpc) is 3.19. The van der Waals surface area contributed by atoms with Crippen LogP contribution in [0.1, 0.15) is 36.8 Å². The first-order valence-corrected chi connectivity index (χ1v) is 9.22. The fourth-order valence-electron chi connectivity index (χ4n) is 3.64. The first kappa shape index (κ1) is 19.6. The molecule has 3 rings (SSSR count). The van der Waals surface area contributed by atoms with Crippen molar-refractivity contribution in [2.75, 3.05) is 11.9 Å². The van der Waals surface area contributed by atoms with Gasteiger partial charge in [-0.25, -0.2) is 4.39 Å². The van der Waals surface area contributed by atoms with Crippen molar-refractivity contribution in [2.24, 2.45) is 0 Å². The normalized spacial score (nSPS) is 14.9. The predicted octanol–water partition coefficient (Wildman–Crippen LogP) is 3.89. The first-order valence-electron chi connectivity index (χ1n) is 9.22. The summed E-state index contributed by atoms with van der Waals surface area (Å²) < 4.78 is 19.0. The van der Waals surface area contributed by atoms with E-state index in [9.17, 15) is 14.0 Å². The fraction of sp³-hybridized carbons (Fsp3) is 0.318. The zero-order valence-electron chi connectivity index (χ0n) is 15.4. The molecule has 2 aromatic carbocycles. The van der Waals surface area contributed by atoms with E-state index in [-0.39, 0.29) is 0 Å². The molecule has 1 N–H and O–H groups in total. The lowest BCUT2D eigenvalue weighted by Gasteiger charge is -2.27. The van der Waals surface area contributed by atoms with E-state index in [1.807, 2.05) is 0 Å². The number of nitrogens with zero attached hydrogens (tertiary/aromatic N) is 1. The van der Waals surface area contributed by atoms with E-state index in [0.29, 0.717) is 30.5 Å². The average molecular weight is 380 g/mol. The Kier molecular flexibility index (Phi) is 6.05. The highest BCUT2D eigenvalue weighted by molar-refractivity contribution is 5.94. The Bertz CT molecular complexity index is 897. The van der Waals surface area contributed by atoms with Gasteiger partial charge in [0.05, 0.1) is 17.9 Å². The lowest BCUT2D eigenvalue weighted by molar-refractivity contribution is -0.153. The van der Waals surface area contributed by atoms with Gasteiger partial charge < -0.3 is 10.1 Å². The Morgan fingerprint density at radius 3 is 2.50 bits per heavy atom. The summed E-state index contributed by atoms with van der Waals surface area (Å²) in [6.07, 6.45) is 3.17. The van der Waals surface area contributed by atoms with Gasteiger partial charge in [-0.1, -0.05) is 37.1 Å². The highest BCUT2D eigenvalue weighted by Crippen LogP contribution is 2.42. The van der Waals surface area contributed by atoms with E-state index in [0.717, 1.165) is 18.4 Å². The van der Waals surface area contributed by atoms with Gasteiger partial charge in [0.25, 0.3) is 5.91 Å². The number of hydrogen-bond donors (Lipinski definition) is 1. The zero-order valence-corrected chi connectivity index (χ0v) is 15.4. The highest BCUT2D eigenvalue weighted by atomic mass is 19.1. The van der Waals surface area contributed by atoms with Gasteiger partial charge >= 0.3 is 5.97 Å². The molecule has 1 aliphatic rings. The molecular formula is C22H21FN2O3. The molecule has 2 aromatic rings. The van der Waals surface area contributed by atoms with Crippen LogP contribution in [0.3, 0.4) is 0 Å². The molecule has 0 unspecified atom stereocenters. The largest absolute Gasteiger partial charge is 0.455 e. The van der Waals surface area contributed by atoms with Gasteiger partial charge in [-0.3, -0.25) is 9.59 Å². The van der Waals surface area contributed by atoms with Crippen molar-refractivity contribution in [1.29, 1.82) is 5.26 Å². The van der Waals surface area contributed by atoms with Crippen LogP contribution in [0.15, 0.2) is 48.5 Å². The minimum Gasteiger partial charge on any atom is -0.455 e. The van der Waals surface area contributed by atoms with E-state index < -0.39 is 29.7 Å². The Morgan fingerprint density at radius 2 is 1.86 bits per heavy atom. The molecule has 0 bridgehead atoms. The molecule has 0 aliphatic heterocycles. The lowest BCUT2D eigenvalue weighted by Crippen LogP contribution is -2.36. The number of benzene rings is 2. The number of halogens is 1. The number of rotatable bonds is 6. The van der Waals surface area contributed by atoms with Crippen molar-refractivity contribution >= 4 is 17.6 Å². The maximum Gasteiger partial charge on any atom is 0.317 e.